The van der Waals surface area contributed by atoms with Crippen molar-refractivity contribution >= 4 is 33.4 Å². The number of nitrogens with one attached hydrogen (secondary N) is 1. The second-order valence-corrected chi connectivity index (χ2v) is 7.86. The van der Waals surface area contributed by atoms with E-state index in [4.69, 9.17) is 0 Å². The van der Waals surface area contributed by atoms with Gasteiger partial charge in [0.05, 0.1) is 0 Å². The van der Waals surface area contributed by atoms with Gasteiger partial charge in [0.1, 0.15) is 0 Å². The van der Waals surface area contributed by atoms with E-state index in [1.54, 1.807) is 18.2 Å². The van der Waals surface area contributed by atoms with E-state index in [2.05, 4.69) is 33.2 Å². The van der Waals surface area contributed by atoms with Crippen LogP contribution in [0.2, 0.25) is 0 Å². The highest BCUT2D eigenvalue weighted by atomic mass is 79.9. The van der Waals surface area contributed by atoms with Crippen molar-refractivity contribution in [3.63, 3.8) is 0 Å². The predicted molar refractivity (Wildman–Crippen MR) is 111 cm³/mol. The number of nitrogens with zero attached hydrogens (tertiary/aromatic N) is 2. The zero-order valence-corrected chi connectivity index (χ0v) is 17.3. The molecule has 1 aliphatic heterocycles. The highest BCUT2D eigenvalue weighted by Crippen LogP contribution is 2.20. The maximum Gasteiger partial charge on any atom is 0.255 e. The van der Waals surface area contributed by atoms with Crippen LogP contribution in [0.25, 0.3) is 0 Å². The molecule has 0 bridgehead atoms. The van der Waals surface area contributed by atoms with Gasteiger partial charge >= 0.3 is 0 Å². The van der Waals surface area contributed by atoms with Gasteiger partial charge in [0, 0.05) is 40.9 Å². The Bertz CT molecular complexity index is 836. The molecule has 0 saturated carbocycles. The van der Waals surface area contributed by atoms with Crippen molar-refractivity contribution in [2.45, 2.75) is 13.3 Å². The lowest BCUT2D eigenvalue weighted by Crippen LogP contribution is -2.34. The third-order valence-electron chi connectivity index (χ3n) is 4.85. The van der Waals surface area contributed by atoms with E-state index in [0.29, 0.717) is 16.8 Å². The van der Waals surface area contributed by atoms with Crippen LogP contribution in [0, 0.1) is 6.92 Å². The van der Waals surface area contributed by atoms with Crippen LogP contribution in [0.4, 0.5) is 5.69 Å². The fraction of sp³-hybridized carbons (Fsp3) is 0.333. The van der Waals surface area contributed by atoms with Crippen LogP contribution in [0.1, 0.15) is 32.7 Å². The summed E-state index contributed by atoms with van der Waals surface area (Å²) in [4.78, 5) is 29.6. The van der Waals surface area contributed by atoms with Crippen LogP contribution in [-0.2, 0) is 0 Å². The monoisotopic (exact) mass is 429 g/mol. The molecule has 1 fully saturated rings. The van der Waals surface area contributed by atoms with Crippen molar-refractivity contribution in [1.29, 1.82) is 0 Å². The first-order valence-electron chi connectivity index (χ1n) is 9.09. The first-order chi connectivity index (χ1) is 12.9. The van der Waals surface area contributed by atoms with Crippen LogP contribution < -0.4 is 5.32 Å². The number of carbonyl (C=O) groups excluding carboxylic acids is 2. The van der Waals surface area contributed by atoms with Gasteiger partial charge < -0.3 is 15.1 Å². The molecule has 0 aromatic heterocycles. The number of hydrogen-bond acceptors (Lipinski definition) is 3. The van der Waals surface area contributed by atoms with E-state index in [-0.39, 0.29) is 11.8 Å². The van der Waals surface area contributed by atoms with Gasteiger partial charge in [0.15, 0.2) is 0 Å². The first kappa shape index (κ1) is 19.6. The minimum Gasteiger partial charge on any atom is -0.337 e. The largest absolute Gasteiger partial charge is 0.337 e. The smallest absolute Gasteiger partial charge is 0.255 e. The number of halogens is 1. The second kappa shape index (κ2) is 8.67. The molecular weight excluding hydrogens is 406 g/mol. The van der Waals surface area contributed by atoms with Crippen molar-refractivity contribution in [3.05, 3.63) is 63.6 Å². The van der Waals surface area contributed by atoms with Gasteiger partial charge in [-0.05, 0) is 68.9 Å². The molecule has 6 heteroatoms. The van der Waals surface area contributed by atoms with E-state index >= 15 is 0 Å². The van der Waals surface area contributed by atoms with Gasteiger partial charge in [-0.15, -0.1) is 0 Å². The maximum atomic E-state index is 12.9. The standard InChI is InChI=1S/C21H24BrN3O2/c1-15-4-5-17(21(27)25-11-3-10-24(2)12-13-25)14-19(15)23-20(26)16-6-8-18(22)9-7-16/h4-9,14H,3,10-13H2,1-2H3,(H,23,26). The van der Waals surface area contributed by atoms with Crippen molar-refractivity contribution in [1.82, 2.24) is 9.80 Å². The Labute approximate surface area is 168 Å². The number of hydrogen-bond donors (Lipinski definition) is 1. The van der Waals surface area contributed by atoms with Gasteiger partial charge in [-0.1, -0.05) is 22.0 Å². The average Bonchev–Trinajstić information content (AvgIpc) is 2.88. The zero-order valence-electron chi connectivity index (χ0n) is 15.7. The fourth-order valence-corrected chi connectivity index (χ4v) is 3.38. The summed E-state index contributed by atoms with van der Waals surface area (Å²) in [6.45, 7) is 5.30. The van der Waals surface area contributed by atoms with Gasteiger partial charge in [-0.25, -0.2) is 0 Å². The van der Waals surface area contributed by atoms with Crippen molar-refractivity contribution in [2.24, 2.45) is 0 Å². The summed E-state index contributed by atoms with van der Waals surface area (Å²) in [6.07, 6.45) is 0.973. The molecule has 0 unspecified atom stereocenters. The number of carbonyl (C=O) groups is 2. The SMILES string of the molecule is Cc1ccc(C(=O)N2CCCN(C)CC2)cc1NC(=O)c1ccc(Br)cc1. The molecule has 1 heterocycles. The maximum absolute atomic E-state index is 12.9. The summed E-state index contributed by atoms with van der Waals surface area (Å²) in [6, 6.07) is 12.7. The molecule has 3 rings (SSSR count). The van der Waals surface area contributed by atoms with Crippen LogP contribution in [-0.4, -0.2) is 54.8 Å². The summed E-state index contributed by atoms with van der Waals surface area (Å²) in [7, 11) is 2.08. The molecule has 1 N–H and O–H groups in total. The number of anilines is 1. The van der Waals surface area contributed by atoms with Gasteiger partial charge in [-0.3, -0.25) is 9.59 Å². The molecule has 0 aliphatic carbocycles. The Kier molecular flexibility index (Phi) is 6.29. The molecule has 0 radical (unpaired) electrons. The topological polar surface area (TPSA) is 52.7 Å². The number of aryl methyl sites for hydroxylation is 1. The quantitative estimate of drug-likeness (QED) is 0.807. The number of benzene rings is 2. The summed E-state index contributed by atoms with van der Waals surface area (Å²) in [5.74, 6) is -0.170. The lowest BCUT2D eigenvalue weighted by atomic mass is 10.1. The summed E-state index contributed by atoms with van der Waals surface area (Å²) < 4.78 is 0.922. The van der Waals surface area contributed by atoms with E-state index in [0.717, 1.165) is 42.6 Å². The van der Waals surface area contributed by atoms with E-state index in [1.807, 2.05) is 36.1 Å². The summed E-state index contributed by atoms with van der Waals surface area (Å²) >= 11 is 3.37. The zero-order chi connectivity index (χ0) is 19.4. The van der Waals surface area contributed by atoms with Crippen molar-refractivity contribution < 1.29 is 9.59 Å². The highest BCUT2D eigenvalue weighted by molar-refractivity contribution is 9.10. The highest BCUT2D eigenvalue weighted by Gasteiger charge is 2.20. The molecule has 1 aliphatic rings. The van der Waals surface area contributed by atoms with Crippen LogP contribution >= 0.6 is 15.9 Å². The Morgan fingerprint density at radius 2 is 1.67 bits per heavy atom. The lowest BCUT2D eigenvalue weighted by molar-refractivity contribution is 0.0762. The molecule has 27 heavy (non-hydrogen) atoms. The molecule has 0 spiro atoms. The van der Waals surface area contributed by atoms with Crippen LogP contribution in [0.3, 0.4) is 0 Å². The van der Waals surface area contributed by atoms with Gasteiger partial charge in [0.25, 0.3) is 11.8 Å². The molecule has 142 valence electrons. The third-order valence-corrected chi connectivity index (χ3v) is 5.37. The summed E-state index contributed by atoms with van der Waals surface area (Å²) in [5, 5.41) is 2.93. The van der Waals surface area contributed by atoms with E-state index < -0.39 is 0 Å². The van der Waals surface area contributed by atoms with E-state index in [9.17, 15) is 9.59 Å². The second-order valence-electron chi connectivity index (χ2n) is 6.94. The normalized spacial score (nSPS) is 15.3. The first-order valence-corrected chi connectivity index (χ1v) is 9.89. The Hall–Kier alpha value is -2.18. The van der Waals surface area contributed by atoms with Gasteiger partial charge in [0.2, 0.25) is 0 Å². The van der Waals surface area contributed by atoms with E-state index in [1.165, 1.54) is 0 Å². The molecule has 2 aromatic rings. The Balaban J connectivity index is 1.76. The average molecular weight is 430 g/mol. The van der Waals surface area contributed by atoms with Crippen molar-refractivity contribution in [2.75, 3.05) is 38.5 Å². The van der Waals surface area contributed by atoms with Crippen LogP contribution in [0.15, 0.2) is 46.9 Å². The van der Waals surface area contributed by atoms with Crippen molar-refractivity contribution in [3.8, 4) is 0 Å². The minimum atomic E-state index is -0.188. The fourth-order valence-electron chi connectivity index (χ4n) is 3.12. The predicted octanol–water partition coefficient (Wildman–Crippen LogP) is 3.79. The molecule has 2 amide bonds. The molecule has 5 nitrogen and oxygen atoms in total. The van der Waals surface area contributed by atoms with Gasteiger partial charge in [-0.2, -0.15) is 0 Å². The van der Waals surface area contributed by atoms with Crippen LogP contribution in [0.5, 0.6) is 0 Å². The number of likely N-dealkylation sites (N-methyl/N-ethyl adjacent to an activating group) is 1. The molecule has 0 atom stereocenters. The third kappa shape index (κ3) is 4.96. The minimum absolute atomic E-state index is 0.0180. The number of rotatable bonds is 3. The summed E-state index contributed by atoms with van der Waals surface area (Å²) in [5.41, 5.74) is 2.77. The molecular formula is C21H24BrN3O2. The number of amides is 2. The Morgan fingerprint density at radius 1 is 0.963 bits per heavy atom. The molecule has 1 saturated heterocycles. The Morgan fingerprint density at radius 3 is 2.41 bits per heavy atom. The lowest BCUT2D eigenvalue weighted by Gasteiger charge is -2.21. The molecule has 2 aromatic carbocycles.